The molecule has 3 aromatic rings. The highest BCUT2D eigenvalue weighted by atomic mass is 16.2. The van der Waals surface area contributed by atoms with Crippen LogP contribution in [0.1, 0.15) is 33.6 Å². The number of benzene rings is 1. The molecular weight excluding hydrogens is 322 g/mol. The number of carbonyl (C=O) groups is 1. The fraction of sp³-hybridized carbons (Fsp3) is 0.364. The highest BCUT2D eigenvalue weighted by Gasteiger charge is 2.16. The number of fused-ring (bicyclic) bond motifs is 1. The molecule has 1 unspecified atom stereocenters. The van der Waals surface area contributed by atoms with Gasteiger partial charge in [-0.1, -0.05) is 39.0 Å². The molecular formula is C22H27N3O. The second-order valence-corrected chi connectivity index (χ2v) is 7.21. The average molecular weight is 349 g/mol. The smallest absolute Gasteiger partial charge is 0.240 e. The minimum absolute atomic E-state index is 0.0640. The third-order valence-electron chi connectivity index (χ3n) is 4.70. The molecule has 0 aliphatic rings. The number of para-hydroxylation sites is 1. The molecule has 0 saturated heterocycles. The van der Waals surface area contributed by atoms with Gasteiger partial charge in [-0.15, -0.1) is 0 Å². The van der Waals surface area contributed by atoms with E-state index < -0.39 is 0 Å². The van der Waals surface area contributed by atoms with E-state index in [1.54, 1.807) is 12.4 Å². The van der Waals surface area contributed by atoms with Crippen LogP contribution < -0.4 is 5.32 Å². The molecule has 2 heterocycles. The van der Waals surface area contributed by atoms with Gasteiger partial charge in [0, 0.05) is 40.6 Å². The maximum atomic E-state index is 12.7. The minimum Gasteiger partial charge on any atom is -0.352 e. The Hall–Kier alpha value is -2.62. The van der Waals surface area contributed by atoms with Gasteiger partial charge in [-0.25, -0.2) is 0 Å². The Bertz CT molecular complexity index is 867. The fourth-order valence-electron chi connectivity index (χ4n) is 3.46. The van der Waals surface area contributed by atoms with E-state index in [0.29, 0.717) is 12.5 Å². The van der Waals surface area contributed by atoms with Crippen LogP contribution in [-0.2, 0) is 11.3 Å². The van der Waals surface area contributed by atoms with Gasteiger partial charge < -0.3 is 9.88 Å². The van der Waals surface area contributed by atoms with Gasteiger partial charge in [0.25, 0.3) is 0 Å². The molecule has 0 aliphatic carbocycles. The van der Waals surface area contributed by atoms with Crippen molar-refractivity contribution in [1.29, 1.82) is 0 Å². The normalized spacial score (nSPS) is 12.5. The summed E-state index contributed by atoms with van der Waals surface area (Å²) >= 11 is 0. The zero-order valence-corrected chi connectivity index (χ0v) is 15.8. The fourth-order valence-corrected chi connectivity index (χ4v) is 3.46. The van der Waals surface area contributed by atoms with Crippen LogP contribution in [0.5, 0.6) is 0 Å². The van der Waals surface area contributed by atoms with Crippen molar-refractivity contribution < 1.29 is 4.79 Å². The van der Waals surface area contributed by atoms with Crippen molar-refractivity contribution in [2.45, 2.75) is 46.2 Å². The summed E-state index contributed by atoms with van der Waals surface area (Å²) in [6.07, 6.45) is 5.53. The molecule has 26 heavy (non-hydrogen) atoms. The first-order valence-electron chi connectivity index (χ1n) is 9.36. The van der Waals surface area contributed by atoms with Crippen molar-refractivity contribution >= 4 is 16.8 Å². The lowest BCUT2D eigenvalue weighted by Crippen LogP contribution is -2.37. The van der Waals surface area contributed by atoms with Crippen molar-refractivity contribution in [3.8, 4) is 11.3 Å². The van der Waals surface area contributed by atoms with Crippen LogP contribution in [0.25, 0.3) is 22.2 Å². The number of carbonyl (C=O) groups excluding carboxylic acids is 1. The molecule has 4 heteroatoms. The molecule has 0 bridgehead atoms. The van der Waals surface area contributed by atoms with E-state index in [1.807, 2.05) is 24.3 Å². The van der Waals surface area contributed by atoms with Gasteiger partial charge >= 0.3 is 0 Å². The molecule has 4 nitrogen and oxygen atoms in total. The summed E-state index contributed by atoms with van der Waals surface area (Å²) < 4.78 is 2.10. The van der Waals surface area contributed by atoms with Crippen LogP contribution in [0.15, 0.2) is 54.9 Å². The first-order chi connectivity index (χ1) is 12.6. The van der Waals surface area contributed by atoms with E-state index in [2.05, 4.69) is 53.8 Å². The van der Waals surface area contributed by atoms with Crippen LogP contribution in [0.4, 0.5) is 0 Å². The predicted molar refractivity (Wildman–Crippen MR) is 107 cm³/mol. The van der Waals surface area contributed by atoms with Gasteiger partial charge in [0.1, 0.15) is 6.54 Å². The largest absolute Gasteiger partial charge is 0.352 e. The summed E-state index contributed by atoms with van der Waals surface area (Å²) in [5.41, 5.74) is 3.19. The number of pyridine rings is 1. The van der Waals surface area contributed by atoms with Crippen molar-refractivity contribution in [1.82, 2.24) is 14.9 Å². The summed E-state index contributed by atoms with van der Waals surface area (Å²) in [6.45, 7) is 6.83. The molecule has 1 atom stereocenters. The molecule has 0 fully saturated rings. The number of hydrogen-bond acceptors (Lipinski definition) is 2. The molecule has 1 amide bonds. The SMILES string of the molecule is CCC(CC(C)C)NC(=O)Cn1c(-c2ccncc2)cc2ccccc21. The quantitative estimate of drug-likeness (QED) is 0.675. The molecule has 0 saturated carbocycles. The summed E-state index contributed by atoms with van der Waals surface area (Å²) in [4.78, 5) is 16.8. The minimum atomic E-state index is 0.0640. The number of aromatic nitrogens is 2. The number of nitrogens with one attached hydrogen (secondary N) is 1. The highest BCUT2D eigenvalue weighted by Crippen LogP contribution is 2.27. The van der Waals surface area contributed by atoms with Gasteiger partial charge in [-0.3, -0.25) is 9.78 Å². The Morgan fingerprint density at radius 3 is 2.58 bits per heavy atom. The molecule has 0 aliphatic heterocycles. The lowest BCUT2D eigenvalue weighted by molar-refractivity contribution is -0.122. The van der Waals surface area contributed by atoms with Crippen molar-refractivity contribution in [2.24, 2.45) is 5.92 Å². The van der Waals surface area contributed by atoms with Crippen molar-refractivity contribution in [2.75, 3.05) is 0 Å². The van der Waals surface area contributed by atoms with Gasteiger partial charge in [0.15, 0.2) is 0 Å². The number of rotatable bonds is 7. The lowest BCUT2D eigenvalue weighted by atomic mass is 10.0. The van der Waals surface area contributed by atoms with Crippen LogP contribution in [-0.4, -0.2) is 21.5 Å². The van der Waals surface area contributed by atoms with E-state index in [0.717, 1.165) is 35.0 Å². The van der Waals surface area contributed by atoms with E-state index >= 15 is 0 Å². The van der Waals surface area contributed by atoms with E-state index in [-0.39, 0.29) is 11.9 Å². The van der Waals surface area contributed by atoms with Crippen LogP contribution in [0.3, 0.4) is 0 Å². The Morgan fingerprint density at radius 2 is 1.88 bits per heavy atom. The van der Waals surface area contributed by atoms with Crippen LogP contribution in [0, 0.1) is 5.92 Å². The second kappa shape index (κ2) is 8.17. The third-order valence-corrected chi connectivity index (χ3v) is 4.70. The van der Waals surface area contributed by atoms with E-state index in [9.17, 15) is 4.79 Å². The number of amides is 1. The summed E-state index contributed by atoms with van der Waals surface area (Å²) in [7, 11) is 0. The highest BCUT2D eigenvalue weighted by molar-refractivity contribution is 5.89. The maximum absolute atomic E-state index is 12.7. The lowest BCUT2D eigenvalue weighted by Gasteiger charge is -2.20. The monoisotopic (exact) mass is 349 g/mol. The summed E-state index contributed by atoms with van der Waals surface area (Å²) in [5, 5.41) is 4.35. The van der Waals surface area contributed by atoms with Crippen LogP contribution >= 0.6 is 0 Å². The molecule has 136 valence electrons. The summed E-state index contributed by atoms with van der Waals surface area (Å²) in [6, 6.07) is 14.5. The van der Waals surface area contributed by atoms with Gasteiger partial charge in [0.2, 0.25) is 5.91 Å². The molecule has 0 radical (unpaired) electrons. The molecule has 1 aromatic carbocycles. The van der Waals surface area contributed by atoms with Crippen molar-refractivity contribution in [3.63, 3.8) is 0 Å². The van der Waals surface area contributed by atoms with Crippen molar-refractivity contribution in [3.05, 3.63) is 54.9 Å². The zero-order chi connectivity index (χ0) is 18.5. The molecule has 3 rings (SSSR count). The van der Waals surface area contributed by atoms with E-state index in [4.69, 9.17) is 0 Å². The Kier molecular flexibility index (Phi) is 5.71. The Morgan fingerprint density at radius 1 is 1.15 bits per heavy atom. The first-order valence-corrected chi connectivity index (χ1v) is 9.36. The molecule has 2 aromatic heterocycles. The zero-order valence-electron chi connectivity index (χ0n) is 15.8. The molecule has 1 N–H and O–H groups in total. The third kappa shape index (κ3) is 4.13. The Balaban J connectivity index is 1.90. The average Bonchev–Trinajstić information content (AvgIpc) is 3.00. The standard InChI is InChI=1S/C22H27N3O/c1-4-19(13-16(2)3)24-22(26)15-25-20-8-6-5-7-18(20)14-21(25)17-9-11-23-12-10-17/h5-12,14,16,19H,4,13,15H2,1-3H3,(H,24,26). The topological polar surface area (TPSA) is 46.9 Å². The Labute approximate surface area is 155 Å². The first kappa shape index (κ1) is 18.2. The van der Waals surface area contributed by atoms with E-state index in [1.165, 1.54) is 0 Å². The van der Waals surface area contributed by atoms with Gasteiger partial charge in [0.05, 0.1) is 0 Å². The second-order valence-electron chi connectivity index (χ2n) is 7.21. The predicted octanol–water partition coefficient (Wildman–Crippen LogP) is 4.64. The number of hydrogen-bond donors (Lipinski definition) is 1. The van der Waals surface area contributed by atoms with Crippen LogP contribution in [0.2, 0.25) is 0 Å². The molecule has 0 spiro atoms. The number of nitrogens with zero attached hydrogens (tertiary/aromatic N) is 2. The van der Waals surface area contributed by atoms with Gasteiger partial charge in [-0.2, -0.15) is 0 Å². The maximum Gasteiger partial charge on any atom is 0.240 e. The summed E-state index contributed by atoms with van der Waals surface area (Å²) in [5.74, 6) is 0.634. The van der Waals surface area contributed by atoms with Gasteiger partial charge in [-0.05, 0) is 43.0 Å².